The summed E-state index contributed by atoms with van der Waals surface area (Å²) in [5, 5.41) is 0. The molecule has 0 aliphatic rings. The number of carbonyl (C=O) groups excluding carboxylic acids is 1. The van der Waals surface area contributed by atoms with Gasteiger partial charge in [0, 0.05) is 6.54 Å². The number of carbonyl (C=O) groups is 1. The predicted molar refractivity (Wildman–Crippen MR) is 70.2 cm³/mol. The first-order valence-electron chi connectivity index (χ1n) is 6.23. The molecule has 0 spiro atoms. The van der Waals surface area contributed by atoms with Crippen LogP contribution in [-0.4, -0.2) is 17.4 Å². The number of rotatable bonds is 4. The number of nitrogens with zero attached hydrogens (tertiary/aromatic N) is 1. The Bertz CT molecular complexity index is 534. The molecule has 1 atom stereocenters. The topological polar surface area (TPSA) is 33.5 Å². The van der Waals surface area contributed by atoms with Crippen molar-refractivity contribution in [3.05, 3.63) is 59.8 Å². The first-order chi connectivity index (χ1) is 9.13. The highest BCUT2D eigenvalue weighted by molar-refractivity contribution is 5.91. The monoisotopic (exact) mass is 261 g/mol. The lowest BCUT2D eigenvalue weighted by Gasteiger charge is -2.27. The molecule has 100 valence electrons. The van der Waals surface area contributed by atoms with Gasteiger partial charge in [0.1, 0.15) is 5.82 Å². The molecule has 0 aliphatic heterocycles. The summed E-state index contributed by atoms with van der Waals surface area (Å²) in [6.07, 6.45) is 1.48. The van der Waals surface area contributed by atoms with Crippen LogP contribution in [0.4, 0.5) is 4.39 Å². The lowest BCUT2D eigenvalue weighted by Crippen LogP contribution is -2.33. The highest BCUT2D eigenvalue weighted by Crippen LogP contribution is 2.22. The molecule has 4 heteroatoms. The maximum absolute atomic E-state index is 12.9. The number of hydrogen-bond donors (Lipinski definition) is 0. The summed E-state index contributed by atoms with van der Waals surface area (Å²) in [5.41, 5.74) is 0.892. The van der Waals surface area contributed by atoms with E-state index in [0.29, 0.717) is 12.3 Å². The van der Waals surface area contributed by atoms with Crippen molar-refractivity contribution in [3.8, 4) is 0 Å². The second-order valence-electron chi connectivity index (χ2n) is 4.30. The molecular weight excluding hydrogens is 245 g/mol. The van der Waals surface area contributed by atoms with Crippen LogP contribution in [-0.2, 0) is 0 Å². The average molecular weight is 261 g/mol. The molecule has 2 rings (SSSR count). The molecular formula is C15H16FNO2. The molecule has 3 nitrogen and oxygen atoms in total. The fourth-order valence-electron chi connectivity index (χ4n) is 2.06. The standard InChI is InChI=1S/C15H16FNO2/c1-3-17(15(18)14-5-4-10-19-14)11(2)12-6-8-13(16)9-7-12/h4-11H,3H2,1-2H3. The van der Waals surface area contributed by atoms with Gasteiger partial charge in [-0.25, -0.2) is 4.39 Å². The van der Waals surface area contributed by atoms with E-state index in [1.54, 1.807) is 29.2 Å². The van der Waals surface area contributed by atoms with Crippen molar-refractivity contribution in [2.75, 3.05) is 6.54 Å². The first-order valence-corrected chi connectivity index (χ1v) is 6.23. The summed E-state index contributed by atoms with van der Waals surface area (Å²) >= 11 is 0. The van der Waals surface area contributed by atoms with Gasteiger partial charge in [-0.05, 0) is 43.7 Å². The lowest BCUT2D eigenvalue weighted by atomic mass is 10.1. The summed E-state index contributed by atoms with van der Waals surface area (Å²) < 4.78 is 18.1. The molecule has 0 N–H and O–H groups in total. The maximum atomic E-state index is 12.9. The molecule has 1 aromatic heterocycles. The molecule has 0 aliphatic carbocycles. The molecule has 0 saturated carbocycles. The van der Waals surface area contributed by atoms with E-state index in [4.69, 9.17) is 4.42 Å². The Morgan fingerprint density at radius 3 is 2.53 bits per heavy atom. The summed E-state index contributed by atoms with van der Waals surface area (Å²) in [5.74, 6) is -0.128. The Hall–Kier alpha value is -2.10. The average Bonchev–Trinajstić information content (AvgIpc) is 2.94. The Balaban J connectivity index is 2.22. The minimum absolute atomic E-state index is 0.136. The third kappa shape index (κ3) is 2.84. The third-order valence-corrected chi connectivity index (χ3v) is 3.15. The molecule has 19 heavy (non-hydrogen) atoms. The zero-order valence-electron chi connectivity index (χ0n) is 11.0. The quantitative estimate of drug-likeness (QED) is 0.841. The van der Waals surface area contributed by atoms with E-state index in [1.807, 2.05) is 13.8 Å². The van der Waals surface area contributed by atoms with E-state index >= 15 is 0 Å². The van der Waals surface area contributed by atoms with Gasteiger partial charge in [-0.1, -0.05) is 12.1 Å². The molecule has 1 unspecified atom stereocenters. The van der Waals surface area contributed by atoms with Crippen molar-refractivity contribution in [2.45, 2.75) is 19.9 Å². The fourth-order valence-corrected chi connectivity index (χ4v) is 2.06. The maximum Gasteiger partial charge on any atom is 0.290 e. The van der Waals surface area contributed by atoms with E-state index < -0.39 is 0 Å². The molecule has 0 fully saturated rings. The summed E-state index contributed by atoms with van der Waals surface area (Å²) in [4.78, 5) is 14.0. The van der Waals surface area contributed by atoms with Crippen molar-refractivity contribution in [1.82, 2.24) is 4.90 Å². The summed E-state index contributed by atoms with van der Waals surface area (Å²) in [6, 6.07) is 9.37. The number of halogens is 1. The van der Waals surface area contributed by atoms with E-state index in [9.17, 15) is 9.18 Å². The Labute approximate surface area is 111 Å². The van der Waals surface area contributed by atoms with E-state index in [1.165, 1.54) is 18.4 Å². The lowest BCUT2D eigenvalue weighted by molar-refractivity contribution is 0.0669. The van der Waals surface area contributed by atoms with Gasteiger partial charge in [-0.2, -0.15) is 0 Å². The number of furan rings is 1. The van der Waals surface area contributed by atoms with Gasteiger partial charge in [0.2, 0.25) is 0 Å². The van der Waals surface area contributed by atoms with Crippen LogP contribution in [0.25, 0.3) is 0 Å². The summed E-state index contributed by atoms with van der Waals surface area (Å²) in [6.45, 7) is 4.37. The minimum Gasteiger partial charge on any atom is -0.459 e. The van der Waals surface area contributed by atoms with Gasteiger partial charge in [-0.3, -0.25) is 4.79 Å². The minimum atomic E-state index is -0.281. The third-order valence-electron chi connectivity index (χ3n) is 3.15. The fraction of sp³-hybridized carbons (Fsp3) is 0.267. The number of benzene rings is 1. The normalized spacial score (nSPS) is 12.2. The van der Waals surface area contributed by atoms with Crippen LogP contribution < -0.4 is 0 Å². The van der Waals surface area contributed by atoms with Crippen LogP contribution in [0.5, 0.6) is 0 Å². The van der Waals surface area contributed by atoms with Crippen molar-refractivity contribution in [2.24, 2.45) is 0 Å². The molecule has 1 heterocycles. The second kappa shape index (κ2) is 5.69. The van der Waals surface area contributed by atoms with Crippen molar-refractivity contribution < 1.29 is 13.6 Å². The van der Waals surface area contributed by atoms with E-state index in [2.05, 4.69) is 0 Å². The number of hydrogen-bond acceptors (Lipinski definition) is 2. The van der Waals surface area contributed by atoms with Gasteiger partial charge in [-0.15, -0.1) is 0 Å². The first kappa shape index (κ1) is 13.3. The van der Waals surface area contributed by atoms with Crippen LogP contribution >= 0.6 is 0 Å². The summed E-state index contributed by atoms with van der Waals surface area (Å²) in [7, 11) is 0. The Kier molecular flexibility index (Phi) is 4.00. The highest BCUT2D eigenvalue weighted by Gasteiger charge is 2.22. The SMILES string of the molecule is CCN(C(=O)c1ccco1)C(C)c1ccc(F)cc1. The van der Waals surface area contributed by atoms with Gasteiger partial charge in [0.25, 0.3) is 5.91 Å². The second-order valence-corrected chi connectivity index (χ2v) is 4.30. The van der Waals surface area contributed by atoms with Crippen molar-refractivity contribution in [1.29, 1.82) is 0 Å². The smallest absolute Gasteiger partial charge is 0.290 e. The van der Waals surface area contributed by atoms with Gasteiger partial charge in [0.15, 0.2) is 5.76 Å². The highest BCUT2D eigenvalue weighted by atomic mass is 19.1. The van der Waals surface area contributed by atoms with E-state index in [0.717, 1.165) is 5.56 Å². The van der Waals surface area contributed by atoms with Gasteiger partial charge in [0.05, 0.1) is 12.3 Å². The van der Waals surface area contributed by atoms with E-state index in [-0.39, 0.29) is 17.8 Å². The van der Waals surface area contributed by atoms with Crippen LogP contribution in [0.2, 0.25) is 0 Å². The van der Waals surface area contributed by atoms with Crippen LogP contribution in [0.1, 0.15) is 36.0 Å². The molecule has 0 saturated heterocycles. The molecule has 1 amide bonds. The van der Waals surface area contributed by atoms with Crippen molar-refractivity contribution in [3.63, 3.8) is 0 Å². The van der Waals surface area contributed by atoms with Crippen molar-refractivity contribution >= 4 is 5.91 Å². The molecule has 0 radical (unpaired) electrons. The van der Waals surface area contributed by atoms with Crippen LogP contribution in [0.15, 0.2) is 47.1 Å². The van der Waals surface area contributed by atoms with Gasteiger partial charge < -0.3 is 9.32 Å². The molecule has 0 bridgehead atoms. The zero-order chi connectivity index (χ0) is 13.8. The zero-order valence-corrected chi connectivity index (χ0v) is 11.0. The Morgan fingerprint density at radius 1 is 1.32 bits per heavy atom. The predicted octanol–water partition coefficient (Wildman–Crippen LogP) is 3.64. The van der Waals surface area contributed by atoms with Crippen LogP contribution in [0.3, 0.4) is 0 Å². The molecule has 1 aromatic carbocycles. The molecule has 2 aromatic rings. The van der Waals surface area contributed by atoms with Gasteiger partial charge >= 0.3 is 0 Å². The Morgan fingerprint density at radius 2 is 2.00 bits per heavy atom. The number of amides is 1. The largest absolute Gasteiger partial charge is 0.459 e. The van der Waals surface area contributed by atoms with Crippen LogP contribution in [0, 0.1) is 5.82 Å².